The summed E-state index contributed by atoms with van der Waals surface area (Å²) in [5.41, 5.74) is 0. The molecule has 0 radical (unpaired) electrons. The van der Waals surface area contributed by atoms with Crippen LogP contribution in [0.5, 0.6) is 11.5 Å². The summed E-state index contributed by atoms with van der Waals surface area (Å²) < 4.78 is 11.5. The second kappa shape index (κ2) is 9.65. The third kappa shape index (κ3) is 6.80. The van der Waals surface area contributed by atoms with E-state index in [-0.39, 0.29) is 6.10 Å². The number of benzene rings is 1. The molecule has 0 saturated heterocycles. The van der Waals surface area contributed by atoms with Crippen molar-refractivity contribution in [2.45, 2.75) is 46.6 Å². The van der Waals surface area contributed by atoms with Crippen molar-refractivity contribution >= 4 is 0 Å². The van der Waals surface area contributed by atoms with E-state index in [1.807, 2.05) is 31.2 Å². The lowest BCUT2D eigenvalue weighted by Crippen LogP contribution is -2.22. The second-order valence-corrected chi connectivity index (χ2v) is 5.55. The number of para-hydroxylation sites is 2. The first-order chi connectivity index (χ1) is 9.63. The molecule has 1 rings (SSSR count). The fourth-order valence-corrected chi connectivity index (χ4v) is 2.00. The zero-order chi connectivity index (χ0) is 14.8. The number of nitrogens with one attached hydrogen (secondary N) is 1. The number of hydrogen-bond acceptors (Lipinski definition) is 3. The second-order valence-electron chi connectivity index (χ2n) is 5.55. The number of hydrogen-bond donors (Lipinski definition) is 1. The highest BCUT2D eigenvalue weighted by Gasteiger charge is 2.08. The van der Waals surface area contributed by atoms with Crippen LogP contribution in [-0.2, 0) is 0 Å². The van der Waals surface area contributed by atoms with E-state index in [1.54, 1.807) is 0 Å². The molecule has 20 heavy (non-hydrogen) atoms. The highest BCUT2D eigenvalue weighted by Crippen LogP contribution is 2.27. The maximum Gasteiger partial charge on any atom is 0.161 e. The summed E-state index contributed by atoms with van der Waals surface area (Å²) in [6.07, 6.45) is 2.38. The van der Waals surface area contributed by atoms with Gasteiger partial charge in [-0.2, -0.15) is 0 Å². The van der Waals surface area contributed by atoms with Crippen molar-refractivity contribution in [3.05, 3.63) is 24.3 Å². The molecule has 0 heterocycles. The molecule has 1 N–H and O–H groups in total. The van der Waals surface area contributed by atoms with Gasteiger partial charge in [0.25, 0.3) is 0 Å². The largest absolute Gasteiger partial charge is 0.490 e. The minimum atomic E-state index is 0.206. The van der Waals surface area contributed by atoms with Gasteiger partial charge >= 0.3 is 0 Å². The van der Waals surface area contributed by atoms with Gasteiger partial charge in [0.15, 0.2) is 11.5 Å². The van der Waals surface area contributed by atoms with Gasteiger partial charge in [-0.3, -0.25) is 0 Å². The molecule has 1 atom stereocenters. The third-order valence-electron chi connectivity index (χ3n) is 2.99. The van der Waals surface area contributed by atoms with Crippen LogP contribution in [-0.4, -0.2) is 25.8 Å². The number of ether oxygens (including phenoxy) is 2. The first-order valence-electron chi connectivity index (χ1n) is 7.72. The molecule has 3 nitrogen and oxygen atoms in total. The van der Waals surface area contributed by atoms with Crippen LogP contribution in [0.15, 0.2) is 24.3 Å². The minimum Gasteiger partial charge on any atom is -0.490 e. The highest BCUT2D eigenvalue weighted by atomic mass is 16.5. The van der Waals surface area contributed by atoms with Gasteiger partial charge in [-0.15, -0.1) is 0 Å². The predicted molar refractivity (Wildman–Crippen MR) is 84.6 cm³/mol. The molecular formula is C17H29NO2. The Bertz CT molecular complexity index is 366. The van der Waals surface area contributed by atoms with Gasteiger partial charge < -0.3 is 14.8 Å². The van der Waals surface area contributed by atoms with E-state index in [2.05, 4.69) is 26.1 Å². The Kier molecular flexibility index (Phi) is 8.12. The maximum atomic E-state index is 5.97. The lowest BCUT2D eigenvalue weighted by Gasteiger charge is -2.17. The minimum absolute atomic E-state index is 0.206. The summed E-state index contributed by atoms with van der Waals surface area (Å²) in [6.45, 7) is 11.4. The zero-order valence-electron chi connectivity index (χ0n) is 13.3. The zero-order valence-corrected chi connectivity index (χ0v) is 13.3. The smallest absolute Gasteiger partial charge is 0.161 e. The molecule has 0 aliphatic heterocycles. The van der Waals surface area contributed by atoms with Crippen LogP contribution in [0.25, 0.3) is 0 Å². The average Bonchev–Trinajstić information content (AvgIpc) is 2.40. The van der Waals surface area contributed by atoms with Gasteiger partial charge in [0, 0.05) is 0 Å². The van der Waals surface area contributed by atoms with E-state index in [9.17, 15) is 0 Å². The van der Waals surface area contributed by atoms with Crippen molar-refractivity contribution in [2.24, 2.45) is 5.92 Å². The Labute approximate surface area is 123 Å². The molecule has 3 heteroatoms. The molecule has 1 aromatic rings. The molecule has 0 bridgehead atoms. The molecule has 1 unspecified atom stereocenters. The molecule has 1 aromatic carbocycles. The average molecular weight is 279 g/mol. The van der Waals surface area contributed by atoms with Gasteiger partial charge in [0.1, 0.15) is 0 Å². The number of rotatable bonds is 10. The van der Waals surface area contributed by atoms with Gasteiger partial charge in [-0.05, 0) is 57.8 Å². The quantitative estimate of drug-likeness (QED) is 0.659. The summed E-state index contributed by atoms with van der Waals surface area (Å²) in [5, 5.41) is 3.46. The molecule has 114 valence electrons. The van der Waals surface area contributed by atoms with Gasteiger partial charge in [0.05, 0.1) is 12.7 Å². The van der Waals surface area contributed by atoms with Gasteiger partial charge in [-0.25, -0.2) is 0 Å². The Morgan fingerprint density at radius 1 is 1.10 bits per heavy atom. The topological polar surface area (TPSA) is 30.5 Å². The Hall–Kier alpha value is -1.22. The summed E-state index contributed by atoms with van der Waals surface area (Å²) in [6, 6.07) is 7.88. The van der Waals surface area contributed by atoms with Crippen LogP contribution in [0.3, 0.4) is 0 Å². The molecule has 0 saturated carbocycles. The monoisotopic (exact) mass is 279 g/mol. The standard InChI is InChI=1S/C17H29NO2/c1-5-19-16-10-6-7-11-17(16)20-15(4)9-8-12-18-13-14(2)3/h6-7,10-11,14-15,18H,5,8-9,12-13H2,1-4H3. The Balaban J connectivity index is 2.29. The summed E-state index contributed by atoms with van der Waals surface area (Å²) >= 11 is 0. The SMILES string of the molecule is CCOc1ccccc1OC(C)CCCNCC(C)C. The molecule has 0 fully saturated rings. The van der Waals surface area contributed by atoms with Gasteiger partial charge in [0.2, 0.25) is 0 Å². The van der Waals surface area contributed by atoms with Crippen LogP contribution < -0.4 is 14.8 Å². The predicted octanol–water partition coefficient (Wildman–Crippen LogP) is 3.88. The van der Waals surface area contributed by atoms with E-state index in [0.29, 0.717) is 12.5 Å². The van der Waals surface area contributed by atoms with E-state index >= 15 is 0 Å². The normalized spacial score (nSPS) is 12.4. The van der Waals surface area contributed by atoms with E-state index in [4.69, 9.17) is 9.47 Å². The molecular weight excluding hydrogens is 250 g/mol. The molecule has 0 aliphatic rings. The Morgan fingerprint density at radius 2 is 1.80 bits per heavy atom. The third-order valence-corrected chi connectivity index (χ3v) is 2.99. The molecule has 0 spiro atoms. The fraction of sp³-hybridized carbons (Fsp3) is 0.647. The summed E-state index contributed by atoms with van der Waals surface area (Å²) in [4.78, 5) is 0. The van der Waals surface area contributed by atoms with Crippen LogP contribution in [0.4, 0.5) is 0 Å². The molecule has 0 amide bonds. The van der Waals surface area contributed by atoms with Crippen LogP contribution in [0.2, 0.25) is 0 Å². The summed E-state index contributed by atoms with van der Waals surface area (Å²) in [7, 11) is 0. The van der Waals surface area contributed by atoms with Crippen molar-refractivity contribution < 1.29 is 9.47 Å². The Morgan fingerprint density at radius 3 is 2.45 bits per heavy atom. The van der Waals surface area contributed by atoms with Crippen molar-refractivity contribution in [3.8, 4) is 11.5 Å². The van der Waals surface area contributed by atoms with Crippen molar-refractivity contribution in [3.63, 3.8) is 0 Å². The molecule has 0 aromatic heterocycles. The van der Waals surface area contributed by atoms with Crippen LogP contribution in [0, 0.1) is 5.92 Å². The van der Waals surface area contributed by atoms with E-state index < -0.39 is 0 Å². The van der Waals surface area contributed by atoms with Crippen LogP contribution >= 0.6 is 0 Å². The fourth-order valence-electron chi connectivity index (χ4n) is 2.00. The maximum absolute atomic E-state index is 5.97. The lowest BCUT2D eigenvalue weighted by molar-refractivity contribution is 0.195. The molecule has 0 aliphatic carbocycles. The van der Waals surface area contributed by atoms with Crippen molar-refractivity contribution in [1.29, 1.82) is 0 Å². The van der Waals surface area contributed by atoms with Crippen molar-refractivity contribution in [1.82, 2.24) is 5.32 Å². The summed E-state index contributed by atoms with van der Waals surface area (Å²) in [5.74, 6) is 2.39. The van der Waals surface area contributed by atoms with E-state index in [0.717, 1.165) is 37.4 Å². The van der Waals surface area contributed by atoms with Crippen molar-refractivity contribution in [2.75, 3.05) is 19.7 Å². The first kappa shape index (κ1) is 16.8. The first-order valence-corrected chi connectivity index (χ1v) is 7.72. The lowest BCUT2D eigenvalue weighted by atomic mass is 10.2. The highest BCUT2D eigenvalue weighted by molar-refractivity contribution is 5.39. The van der Waals surface area contributed by atoms with E-state index in [1.165, 1.54) is 0 Å². The van der Waals surface area contributed by atoms with Crippen LogP contribution in [0.1, 0.15) is 40.5 Å². The van der Waals surface area contributed by atoms with Gasteiger partial charge in [-0.1, -0.05) is 26.0 Å².